The van der Waals surface area contributed by atoms with Crippen LogP contribution in [0.4, 0.5) is 0 Å². The van der Waals surface area contributed by atoms with Gasteiger partial charge < -0.3 is 15.2 Å². The molecule has 0 bridgehead atoms. The highest BCUT2D eigenvalue weighted by Gasteiger charge is 2.13. The van der Waals surface area contributed by atoms with Gasteiger partial charge in [-0.3, -0.25) is 4.79 Å². The molecule has 3 aromatic carbocycles. The molecule has 0 fully saturated rings. The molecule has 3 aromatic rings. The van der Waals surface area contributed by atoms with Crippen molar-refractivity contribution < 1.29 is 19.4 Å². The van der Waals surface area contributed by atoms with E-state index in [1.807, 2.05) is 30.3 Å². The highest BCUT2D eigenvalue weighted by Crippen LogP contribution is 2.16. The number of rotatable bonds is 7. The molecule has 1 amide bonds. The van der Waals surface area contributed by atoms with Gasteiger partial charge in [-0.05, 0) is 41.5 Å². The van der Waals surface area contributed by atoms with Crippen LogP contribution in [0.1, 0.15) is 21.5 Å². The van der Waals surface area contributed by atoms with E-state index in [1.54, 1.807) is 54.6 Å². The van der Waals surface area contributed by atoms with Crippen LogP contribution in [0.25, 0.3) is 6.08 Å². The first-order valence-corrected chi connectivity index (χ1v) is 8.70. The zero-order valence-electron chi connectivity index (χ0n) is 15.0. The average Bonchev–Trinajstić information content (AvgIpc) is 2.74. The number of carboxylic acid groups (broad SMARTS) is 1. The number of hydrogen-bond acceptors (Lipinski definition) is 3. The molecule has 140 valence electrons. The Bertz CT molecular complexity index is 965. The molecule has 0 aliphatic heterocycles. The van der Waals surface area contributed by atoms with Gasteiger partial charge in [0, 0.05) is 5.56 Å². The SMILES string of the molecule is O=C(O)/C(=C/c1ccc(OCc2ccccc2)cc1)NC(=O)c1ccccc1. The number of carbonyl (C=O) groups excluding carboxylic acids is 1. The van der Waals surface area contributed by atoms with E-state index in [4.69, 9.17) is 4.74 Å². The first-order valence-electron chi connectivity index (χ1n) is 8.70. The molecule has 28 heavy (non-hydrogen) atoms. The molecule has 0 aliphatic carbocycles. The van der Waals surface area contributed by atoms with Crippen molar-refractivity contribution in [3.8, 4) is 5.75 Å². The van der Waals surface area contributed by atoms with Crippen LogP contribution >= 0.6 is 0 Å². The summed E-state index contributed by atoms with van der Waals surface area (Å²) in [4.78, 5) is 23.7. The molecule has 0 aliphatic rings. The summed E-state index contributed by atoms with van der Waals surface area (Å²) in [5.74, 6) is -1.02. The molecule has 0 spiro atoms. The molecule has 0 saturated heterocycles. The summed E-state index contributed by atoms with van der Waals surface area (Å²) >= 11 is 0. The molecule has 5 nitrogen and oxygen atoms in total. The van der Waals surface area contributed by atoms with E-state index in [1.165, 1.54) is 6.08 Å². The Labute approximate surface area is 162 Å². The smallest absolute Gasteiger partial charge is 0.352 e. The maximum absolute atomic E-state index is 12.2. The van der Waals surface area contributed by atoms with Crippen molar-refractivity contribution in [2.24, 2.45) is 0 Å². The van der Waals surface area contributed by atoms with E-state index in [0.29, 0.717) is 23.5 Å². The number of benzene rings is 3. The quantitative estimate of drug-likeness (QED) is 0.611. The molecule has 5 heteroatoms. The normalized spacial score (nSPS) is 10.9. The summed E-state index contributed by atoms with van der Waals surface area (Å²) < 4.78 is 5.72. The van der Waals surface area contributed by atoms with E-state index >= 15 is 0 Å². The lowest BCUT2D eigenvalue weighted by Crippen LogP contribution is -2.27. The third kappa shape index (κ3) is 5.32. The number of ether oxygens (including phenoxy) is 1. The van der Waals surface area contributed by atoms with Gasteiger partial charge in [-0.15, -0.1) is 0 Å². The Morgan fingerprint density at radius 2 is 1.46 bits per heavy atom. The number of carboxylic acids is 1. The molecular weight excluding hydrogens is 354 g/mol. The Hall–Kier alpha value is -3.86. The summed E-state index contributed by atoms with van der Waals surface area (Å²) in [6, 6.07) is 25.2. The Balaban J connectivity index is 1.67. The molecule has 0 radical (unpaired) electrons. The first-order chi connectivity index (χ1) is 13.6. The van der Waals surface area contributed by atoms with Gasteiger partial charge in [0.05, 0.1) is 0 Å². The summed E-state index contributed by atoms with van der Waals surface area (Å²) in [6.07, 6.45) is 1.41. The van der Waals surface area contributed by atoms with Crippen molar-refractivity contribution in [2.45, 2.75) is 6.61 Å². The average molecular weight is 373 g/mol. The number of nitrogens with one attached hydrogen (secondary N) is 1. The summed E-state index contributed by atoms with van der Waals surface area (Å²) in [6.45, 7) is 0.448. The second-order valence-corrected chi connectivity index (χ2v) is 6.03. The lowest BCUT2D eigenvalue weighted by molar-refractivity contribution is -0.132. The van der Waals surface area contributed by atoms with Gasteiger partial charge in [0.15, 0.2) is 0 Å². The zero-order chi connectivity index (χ0) is 19.8. The van der Waals surface area contributed by atoms with Crippen LogP contribution in [-0.4, -0.2) is 17.0 Å². The Morgan fingerprint density at radius 3 is 2.07 bits per heavy atom. The molecular formula is C23H19NO4. The Kier molecular flexibility index (Phi) is 6.21. The first kappa shape index (κ1) is 18.9. The second kappa shape index (κ2) is 9.19. The highest BCUT2D eigenvalue weighted by atomic mass is 16.5. The fraction of sp³-hybridized carbons (Fsp3) is 0.0435. The molecule has 0 heterocycles. The molecule has 0 unspecified atom stereocenters. The van der Waals surface area contributed by atoms with Gasteiger partial charge in [-0.2, -0.15) is 0 Å². The van der Waals surface area contributed by atoms with Crippen molar-refractivity contribution in [3.05, 3.63) is 107 Å². The molecule has 0 aromatic heterocycles. The summed E-state index contributed by atoms with van der Waals surface area (Å²) in [7, 11) is 0. The van der Waals surface area contributed by atoms with Gasteiger partial charge in [0.1, 0.15) is 18.1 Å². The molecule has 3 rings (SSSR count). The summed E-state index contributed by atoms with van der Waals surface area (Å²) in [5.41, 5.74) is 1.88. The summed E-state index contributed by atoms with van der Waals surface area (Å²) in [5, 5.41) is 11.8. The standard InChI is InChI=1S/C23H19NO4/c25-22(19-9-5-2-6-10-19)24-21(23(26)27)15-17-11-13-20(14-12-17)28-16-18-7-3-1-4-8-18/h1-15H,16H2,(H,24,25)(H,26,27)/b21-15-. The van der Waals surface area contributed by atoms with Crippen LogP contribution in [0.15, 0.2) is 90.6 Å². The van der Waals surface area contributed by atoms with E-state index in [-0.39, 0.29) is 5.70 Å². The topological polar surface area (TPSA) is 75.6 Å². The maximum Gasteiger partial charge on any atom is 0.352 e. The van der Waals surface area contributed by atoms with E-state index in [0.717, 1.165) is 5.56 Å². The Morgan fingerprint density at radius 1 is 0.857 bits per heavy atom. The van der Waals surface area contributed by atoms with Gasteiger partial charge in [-0.1, -0.05) is 60.7 Å². The lowest BCUT2D eigenvalue weighted by Gasteiger charge is -2.08. The number of carbonyl (C=O) groups is 2. The molecule has 0 saturated carbocycles. The van der Waals surface area contributed by atoms with E-state index < -0.39 is 11.9 Å². The van der Waals surface area contributed by atoms with Crippen molar-refractivity contribution in [1.29, 1.82) is 0 Å². The number of hydrogen-bond donors (Lipinski definition) is 2. The van der Waals surface area contributed by atoms with Crippen LogP contribution in [0.3, 0.4) is 0 Å². The van der Waals surface area contributed by atoms with Gasteiger partial charge in [0.25, 0.3) is 5.91 Å². The van der Waals surface area contributed by atoms with Crippen LogP contribution in [0, 0.1) is 0 Å². The monoisotopic (exact) mass is 373 g/mol. The third-order valence-corrected chi connectivity index (χ3v) is 3.95. The van der Waals surface area contributed by atoms with Gasteiger partial charge >= 0.3 is 5.97 Å². The van der Waals surface area contributed by atoms with Crippen LogP contribution in [-0.2, 0) is 11.4 Å². The minimum absolute atomic E-state index is 0.202. The van der Waals surface area contributed by atoms with Gasteiger partial charge in [0.2, 0.25) is 0 Å². The predicted octanol–water partition coefficient (Wildman–Crippen LogP) is 4.12. The fourth-order valence-corrected chi connectivity index (χ4v) is 2.50. The van der Waals surface area contributed by atoms with Crippen molar-refractivity contribution >= 4 is 18.0 Å². The van der Waals surface area contributed by atoms with E-state index in [9.17, 15) is 14.7 Å². The number of aliphatic carboxylic acids is 1. The minimum atomic E-state index is -1.21. The van der Waals surface area contributed by atoms with E-state index in [2.05, 4.69) is 5.32 Å². The third-order valence-electron chi connectivity index (χ3n) is 3.95. The second-order valence-electron chi connectivity index (χ2n) is 6.03. The van der Waals surface area contributed by atoms with Crippen LogP contribution in [0.5, 0.6) is 5.75 Å². The molecule has 0 atom stereocenters. The van der Waals surface area contributed by atoms with Gasteiger partial charge in [-0.25, -0.2) is 4.79 Å². The fourth-order valence-electron chi connectivity index (χ4n) is 2.50. The number of amides is 1. The van der Waals surface area contributed by atoms with Crippen molar-refractivity contribution in [3.63, 3.8) is 0 Å². The maximum atomic E-state index is 12.2. The molecule has 2 N–H and O–H groups in total. The van der Waals surface area contributed by atoms with Crippen molar-refractivity contribution in [1.82, 2.24) is 5.32 Å². The van der Waals surface area contributed by atoms with Crippen LogP contribution < -0.4 is 10.1 Å². The highest BCUT2D eigenvalue weighted by molar-refractivity contribution is 6.02. The predicted molar refractivity (Wildman–Crippen MR) is 107 cm³/mol. The zero-order valence-corrected chi connectivity index (χ0v) is 15.0. The minimum Gasteiger partial charge on any atom is -0.489 e. The largest absolute Gasteiger partial charge is 0.489 e. The van der Waals surface area contributed by atoms with Crippen LogP contribution in [0.2, 0.25) is 0 Å². The lowest BCUT2D eigenvalue weighted by atomic mass is 10.1. The van der Waals surface area contributed by atoms with Crippen molar-refractivity contribution in [2.75, 3.05) is 0 Å².